The van der Waals surface area contributed by atoms with Crippen molar-refractivity contribution in [2.24, 2.45) is 5.73 Å². The molecule has 0 amide bonds. The summed E-state index contributed by atoms with van der Waals surface area (Å²) >= 11 is 0. The van der Waals surface area contributed by atoms with Crippen LogP contribution >= 0.6 is 0 Å². The quantitative estimate of drug-likeness (QED) is 0.893. The Balaban J connectivity index is 2.41. The third-order valence-corrected chi connectivity index (χ3v) is 3.04. The molecule has 0 fully saturated rings. The number of halogens is 1. The zero-order valence-corrected chi connectivity index (χ0v) is 11.2. The van der Waals surface area contributed by atoms with Gasteiger partial charge in [0.05, 0.1) is 0 Å². The van der Waals surface area contributed by atoms with Gasteiger partial charge in [0.2, 0.25) is 0 Å². The number of benzene rings is 2. The molecule has 0 aromatic heterocycles. The van der Waals surface area contributed by atoms with Gasteiger partial charge in [-0.25, -0.2) is 4.39 Å². The second-order valence-electron chi connectivity index (χ2n) is 4.50. The lowest BCUT2D eigenvalue weighted by Crippen LogP contribution is -2.09. The Morgan fingerprint density at radius 3 is 2.47 bits per heavy atom. The van der Waals surface area contributed by atoms with Crippen LogP contribution in [0.3, 0.4) is 0 Å². The highest BCUT2D eigenvalue weighted by atomic mass is 19.1. The second-order valence-corrected chi connectivity index (χ2v) is 4.50. The molecular weight excluding hydrogens is 241 g/mol. The fraction of sp³-hybridized carbons (Fsp3) is 0.250. The van der Waals surface area contributed by atoms with Gasteiger partial charge in [-0.3, -0.25) is 0 Å². The van der Waals surface area contributed by atoms with Gasteiger partial charge in [0.15, 0.2) is 0 Å². The van der Waals surface area contributed by atoms with Gasteiger partial charge in [-0.05, 0) is 37.1 Å². The highest BCUT2D eigenvalue weighted by molar-refractivity contribution is 5.43. The van der Waals surface area contributed by atoms with Crippen LogP contribution < -0.4 is 10.5 Å². The Labute approximate surface area is 113 Å². The van der Waals surface area contributed by atoms with Gasteiger partial charge in [0, 0.05) is 11.6 Å². The van der Waals surface area contributed by atoms with Crippen molar-refractivity contribution in [1.82, 2.24) is 0 Å². The maximum absolute atomic E-state index is 13.8. The molecule has 0 bridgehead atoms. The fourth-order valence-electron chi connectivity index (χ4n) is 2.06. The van der Waals surface area contributed by atoms with Gasteiger partial charge < -0.3 is 10.5 Å². The van der Waals surface area contributed by atoms with Crippen LogP contribution in [0.1, 0.15) is 31.0 Å². The largest absolute Gasteiger partial charge is 0.457 e. The SMILES string of the molecule is CCc1ccccc1Oc1cccc(F)c1[C@H](C)N. The molecule has 2 nitrogen and oxygen atoms in total. The molecule has 0 aliphatic heterocycles. The lowest BCUT2D eigenvalue weighted by Gasteiger charge is -2.16. The first-order chi connectivity index (χ1) is 9.13. The van der Waals surface area contributed by atoms with E-state index in [9.17, 15) is 4.39 Å². The van der Waals surface area contributed by atoms with Crippen LogP contribution in [0.15, 0.2) is 42.5 Å². The highest BCUT2D eigenvalue weighted by Gasteiger charge is 2.15. The Bertz CT molecular complexity index is 566. The number of nitrogens with two attached hydrogens (primary N) is 1. The second kappa shape index (κ2) is 5.85. The zero-order valence-electron chi connectivity index (χ0n) is 11.2. The molecular formula is C16H18FNO. The number of para-hydroxylation sites is 1. The Kier molecular flexibility index (Phi) is 4.17. The minimum Gasteiger partial charge on any atom is -0.457 e. The average molecular weight is 259 g/mol. The van der Waals surface area contributed by atoms with Crippen LogP contribution in [0.25, 0.3) is 0 Å². The Morgan fingerprint density at radius 1 is 1.11 bits per heavy atom. The molecule has 2 rings (SSSR count). The smallest absolute Gasteiger partial charge is 0.135 e. The van der Waals surface area contributed by atoms with E-state index < -0.39 is 6.04 Å². The highest BCUT2D eigenvalue weighted by Crippen LogP contribution is 2.32. The molecule has 0 spiro atoms. The summed E-state index contributed by atoms with van der Waals surface area (Å²) in [7, 11) is 0. The lowest BCUT2D eigenvalue weighted by molar-refractivity contribution is 0.456. The molecule has 2 N–H and O–H groups in total. The first kappa shape index (κ1) is 13.6. The molecule has 0 radical (unpaired) electrons. The zero-order chi connectivity index (χ0) is 13.8. The average Bonchev–Trinajstić information content (AvgIpc) is 2.39. The van der Waals surface area contributed by atoms with Crippen LogP contribution in [-0.2, 0) is 6.42 Å². The van der Waals surface area contributed by atoms with Crippen molar-refractivity contribution in [3.63, 3.8) is 0 Å². The Morgan fingerprint density at radius 2 is 1.79 bits per heavy atom. The molecule has 0 aliphatic carbocycles. The summed E-state index contributed by atoms with van der Waals surface area (Å²) in [5.41, 5.74) is 7.32. The van der Waals surface area contributed by atoms with E-state index in [1.807, 2.05) is 24.3 Å². The Hall–Kier alpha value is -1.87. The summed E-state index contributed by atoms with van der Waals surface area (Å²) in [5.74, 6) is 0.898. The summed E-state index contributed by atoms with van der Waals surface area (Å²) in [6, 6.07) is 12.1. The summed E-state index contributed by atoms with van der Waals surface area (Å²) in [4.78, 5) is 0. The van der Waals surface area contributed by atoms with E-state index in [2.05, 4.69) is 6.92 Å². The van der Waals surface area contributed by atoms with Gasteiger partial charge in [0.1, 0.15) is 17.3 Å². The summed E-state index contributed by atoms with van der Waals surface area (Å²) in [5, 5.41) is 0. The molecule has 2 aromatic carbocycles. The molecule has 2 aromatic rings. The van der Waals surface area contributed by atoms with Crippen LogP contribution in [0.4, 0.5) is 4.39 Å². The first-order valence-electron chi connectivity index (χ1n) is 6.43. The minimum absolute atomic E-state index is 0.332. The molecule has 19 heavy (non-hydrogen) atoms. The number of ether oxygens (including phenoxy) is 1. The summed E-state index contributed by atoms with van der Waals surface area (Å²) < 4.78 is 19.7. The molecule has 3 heteroatoms. The van der Waals surface area contributed by atoms with Gasteiger partial charge in [-0.1, -0.05) is 31.2 Å². The van der Waals surface area contributed by atoms with Crippen molar-refractivity contribution in [3.8, 4) is 11.5 Å². The first-order valence-corrected chi connectivity index (χ1v) is 6.43. The van der Waals surface area contributed by atoms with Crippen molar-refractivity contribution in [2.45, 2.75) is 26.3 Å². The van der Waals surface area contributed by atoms with Crippen LogP contribution in [0.2, 0.25) is 0 Å². The van der Waals surface area contributed by atoms with Crippen molar-refractivity contribution in [1.29, 1.82) is 0 Å². The normalized spacial score (nSPS) is 12.2. The maximum Gasteiger partial charge on any atom is 0.135 e. The fourth-order valence-corrected chi connectivity index (χ4v) is 2.06. The van der Waals surface area contributed by atoms with Crippen molar-refractivity contribution in [2.75, 3.05) is 0 Å². The van der Waals surface area contributed by atoms with E-state index in [0.29, 0.717) is 11.3 Å². The van der Waals surface area contributed by atoms with Gasteiger partial charge in [0.25, 0.3) is 0 Å². The third-order valence-electron chi connectivity index (χ3n) is 3.04. The topological polar surface area (TPSA) is 35.2 Å². The minimum atomic E-state index is -0.412. The van der Waals surface area contributed by atoms with Crippen LogP contribution in [-0.4, -0.2) is 0 Å². The van der Waals surface area contributed by atoms with E-state index in [-0.39, 0.29) is 5.82 Å². The van der Waals surface area contributed by atoms with E-state index in [1.165, 1.54) is 6.07 Å². The predicted molar refractivity (Wildman–Crippen MR) is 74.9 cm³/mol. The van der Waals surface area contributed by atoms with Gasteiger partial charge in [-0.15, -0.1) is 0 Å². The molecule has 0 aliphatic rings. The number of hydrogen-bond donors (Lipinski definition) is 1. The van der Waals surface area contributed by atoms with E-state index >= 15 is 0 Å². The van der Waals surface area contributed by atoms with Crippen molar-refractivity contribution < 1.29 is 9.13 Å². The lowest BCUT2D eigenvalue weighted by atomic mass is 10.1. The third kappa shape index (κ3) is 2.93. The molecule has 0 saturated carbocycles. The van der Waals surface area contributed by atoms with Crippen LogP contribution in [0, 0.1) is 5.82 Å². The number of hydrogen-bond acceptors (Lipinski definition) is 2. The number of rotatable bonds is 4. The van der Waals surface area contributed by atoms with E-state index in [0.717, 1.165) is 17.7 Å². The molecule has 0 heterocycles. The maximum atomic E-state index is 13.8. The van der Waals surface area contributed by atoms with Gasteiger partial charge >= 0.3 is 0 Å². The monoisotopic (exact) mass is 259 g/mol. The summed E-state index contributed by atoms with van der Waals surface area (Å²) in [6.07, 6.45) is 0.860. The number of aryl methyl sites for hydroxylation is 1. The standard InChI is InChI=1S/C16H18FNO/c1-3-12-7-4-5-9-14(12)19-15-10-6-8-13(17)16(15)11(2)18/h4-11H,3,18H2,1-2H3/t11-/m0/s1. The summed E-state index contributed by atoms with van der Waals surface area (Å²) in [6.45, 7) is 3.80. The van der Waals surface area contributed by atoms with E-state index in [4.69, 9.17) is 10.5 Å². The molecule has 1 atom stereocenters. The van der Waals surface area contributed by atoms with Gasteiger partial charge in [-0.2, -0.15) is 0 Å². The predicted octanol–water partition coefficient (Wildman–Crippen LogP) is 4.20. The molecule has 0 unspecified atom stereocenters. The van der Waals surface area contributed by atoms with E-state index in [1.54, 1.807) is 19.1 Å². The van der Waals surface area contributed by atoms with Crippen molar-refractivity contribution in [3.05, 3.63) is 59.4 Å². The molecule has 0 saturated heterocycles. The molecule has 100 valence electrons. The van der Waals surface area contributed by atoms with Crippen molar-refractivity contribution >= 4 is 0 Å². The van der Waals surface area contributed by atoms with Crippen LogP contribution in [0.5, 0.6) is 11.5 Å².